The third-order valence-electron chi connectivity index (χ3n) is 6.13. The lowest BCUT2D eigenvalue weighted by atomic mass is 9.96. The van der Waals surface area contributed by atoms with Crippen molar-refractivity contribution in [1.29, 1.82) is 0 Å². The Labute approximate surface area is 187 Å². The average Bonchev–Trinajstić information content (AvgIpc) is 2.80. The maximum atomic E-state index is 14.1. The summed E-state index contributed by atoms with van der Waals surface area (Å²) in [6, 6.07) is 12.1. The van der Waals surface area contributed by atoms with E-state index in [-0.39, 0.29) is 17.8 Å². The second-order valence-electron chi connectivity index (χ2n) is 8.36. The molecule has 2 aromatic carbocycles. The molecule has 0 aliphatic carbocycles. The van der Waals surface area contributed by atoms with Gasteiger partial charge in [-0.25, -0.2) is 9.37 Å². The minimum atomic E-state index is -0.421. The van der Waals surface area contributed by atoms with Crippen LogP contribution in [0.5, 0.6) is 0 Å². The fraction of sp³-hybridized carbons (Fsp3) is 0.346. The first-order valence-corrected chi connectivity index (χ1v) is 11.0. The van der Waals surface area contributed by atoms with Crippen LogP contribution in [0.15, 0.2) is 42.5 Å². The summed E-state index contributed by atoms with van der Waals surface area (Å²) in [7, 11) is 0. The monoisotopic (exact) mass is 434 g/mol. The minimum absolute atomic E-state index is 0.220. The zero-order valence-electron chi connectivity index (χ0n) is 18.7. The summed E-state index contributed by atoms with van der Waals surface area (Å²) in [5, 5.41) is 0.473. The van der Waals surface area contributed by atoms with Crippen molar-refractivity contribution >= 4 is 22.8 Å². The number of carbonyl (C=O) groups excluding carboxylic acids is 2. The van der Waals surface area contributed by atoms with Gasteiger partial charge in [0, 0.05) is 24.0 Å². The number of fused-ring (bicyclic) bond motifs is 1. The molecule has 2 heterocycles. The molecular weight excluding hydrogens is 407 g/mol. The van der Waals surface area contributed by atoms with Crippen LogP contribution in [0, 0.1) is 25.6 Å². The maximum Gasteiger partial charge on any atom is 0.310 e. The van der Waals surface area contributed by atoms with Crippen LogP contribution in [-0.4, -0.2) is 41.5 Å². The summed E-state index contributed by atoms with van der Waals surface area (Å²) in [5.41, 5.74) is 4.82. The number of halogens is 1. The van der Waals surface area contributed by atoms with E-state index in [1.807, 2.05) is 32.0 Å². The smallest absolute Gasteiger partial charge is 0.310 e. The van der Waals surface area contributed by atoms with Crippen molar-refractivity contribution in [3.63, 3.8) is 0 Å². The highest BCUT2D eigenvalue weighted by Crippen LogP contribution is 2.29. The Balaban J connectivity index is 1.76. The van der Waals surface area contributed by atoms with Gasteiger partial charge in [0.2, 0.25) is 0 Å². The van der Waals surface area contributed by atoms with Crippen LogP contribution >= 0.6 is 0 Å². The second-order valence-corrected chi connectivity index (χ2v) is 8.36. The van der Waals surface area contributed by atoms with Gasteiger partial charge in [0.1, 0.15) is 5.82 Å². The molecular formula is C26H27FN2O3. The lowest BCUT2D eigenvalue weighted by Gasteiger charge is -2.32. The van der Waals surface area contributed by atoms with Crippen molar-refractivity contribution in [3.8, 4) is 11.3 Å². The highest BCUT2D eigenvalue weighted by atomic mass is 19.1. The predicted octanol–water partition coefficient (Wildman–Crippen LogP) is 5.07. The first kappa shape index (κ1) is 21.9. The molecule has 0 N–H and O–H groups in total. The Morgan fingerprint density at radius 2 is 1.94 bits per heavy atom. The molecule has 0 saturated carbocycles. The number of hydrogen-bond donors (Lipinski definition) is 0. The van der Waals surface area contributed by atoms with Crippen LogP contribution in [0.2, 0.25) is 0 Å². The predicted molar refractivity (Wildman–Crippen MR) is 122 cm³/mol. The van der Waals surface area contributed by atoms with Crippen LogP contribution < -0.4 is 0 Å². The van der Waals surface area contributed by atoms with Crippen molar-refractivity contribution in [3.05, 3.63) is 65.0 Å². The molecule has 1 unspecified atom stereocenters. The molecule has 5 nitrogen and oxygen atoms in total. The highest BCUT2D eigenvalue weighted by molar-refractivity contribution is 6.07. The zero-order valence-corrected chi connectivity index (χ0v) is 18.7. The van der Waals surface area contributed by atoms with E-state index in [2.05, 4.69) is 0 Å². The van der Waals surface area contributed by atoms with E-state index in [4.69, 9.17) is 9.72 Å². The molecule has 1 amide bonds. The number of hydrogen-bond acceptors (Lipinski definition) is 4. The standard InChI is InChI=1S/C26H27FN2O3/c1-4-32-26(31)19-6-5-11-29(15-19)25(30)22-14-24(18-8-7-16(2)17(3)12-18)28-23-10-9-20(27)13-21(22)23/h7-10,12-14,19H,4-6,11,15H2,1-3H3. The number of benzene rings is 2. The molecule has 0 bridgehead atoms. The number of aromatic nitrogens is 1. The molecule has 166 valence electrons. The number of pyridine rings is 1. The molecule has 1 aromatic heterocycles. The lowest BCUT2D eigenvalue weighted by molar-refractivity contribution is -0.149. The van der Waals surface area contributed by atoms with Crippen molar-refractivity contribution < 1.29 is 18.7 Å². The van der Waals surface area contributed by atoms with Crippen molar-refractivity contribution in [2.45, 2.75) is 33.6 Å². The number of carbonyl (C=O) groups is 2. The maximum absolute atomic E-state index is 14.1. The molecule has 0 radical (unpaired) electrons. The van der Waals surface area contributed by atoms with Gasteiger partial charge < -0.3 is 9.64 Å². The van der Waals surface area contributed by atoms with E-state index in [1.165, 1.54) is 17.7 Å². The summed E-state index contributed by atoms with van der Waals surface area (Å²) in [4.78, 5) is 32.2. The normalized spacial score (nSPS) is 16.2. The summed E-state index contributed by atoms with van der Waals surface area (Å²) >= 11 is 0. The summed E-state index contributed by atoms with van der Waals surface area (Å²) < 4.78 is 19.2. The molecule has 4 rings (SSSR count). The third kappa shape index (κ3) is 4.35. The molecule has 32 heavy (non-hydrogen) atoms. The van der Waals surface area contributed by atoms with Crippen molar-refractivity contribution in [1.82, 2.24) is 9.88 Å². The van der Waals surface area contributed by atoms with Crippen LogP contribution in [0.4, 0.5) is 4.39 Å². The van der Waals surface area contributed by atoms with E-state index >= 15 is 0 Å². The Bertz CT molecular complexity index is 1190. The van der Waals surface area contributed by atoms with Crippen LogP contribution in [0.1, 0.15) is 41.3 Å². The van der Waals surface area contributed by atoms with E-state index in [0.717, 1.165) is 17.5 Å². The van der Waals surface area contributed by atoms with Gasteiger partial charge in [-0.05, 0) is 75.1 Å². The number of ether oxygens (including phenoxy) is 1. The number of esters is 1. The molecule has 3 aromatic rings. The fourth-order valence-electron chi connectivity index (χ4n) is 4.21. The van der Waals surface area contributed by atoms with Gasteiger partial charge in [0.05, 0.1) is 29.3 Å². The van der Waals surface area contributed by atoms with Gasteiger partial charge in [-0.1, -0.05) is 12.1 Å². The summed E-state index contributed by atoms with van der Waals surface area (Å²) in [6.07, 6.45) is 1.42. The highest BCUT2D eigenvalue weighted by Gasteiger charge is 2.30. The van der Waals surface area contributed by atoms with Gasteiger partial charge in [0.25, 0.3) is 5.91 Å². The molecule has 1 aliphatic rings. The van der Waals surface area contributed by atoms with E-state index in [0.29, 0.717) is 48.3 Å². The van der Waals surface area contributed by atoms with E-state index in [1.54, 1.807) is 24.0 Å². The summed E-state index contributed by atoms with van der Waals surface area (Å²) in [6.45, 7) is 7.01. The first-order valence-electron chi connectivity index (χ1n) is 11.0. The van der Waals surface area contributed by atoms with Crippen LogP contribution in [-0.2, 0) is 9.53 Å². The fourth-order valence-corrected chi connectivity index (χ4v) is 4.21. The van der Waals surface area contributed by atoms with Crippen molar-refractivity contribution in [2.24, 2.45) is 5.92 Å². The van der Waals surface area contributed by atoms with Crippen molar-refractivity contribution in [2.75, 3.05) is 19.7 Å². The topological polar surface area (TPSA) is 59.5 Å². The first-order chi connectivity index (χ1) is 15.4. The Morgan fingerprint density at radius 3 is 2.69 bits per heavy atom. The number of aryl methyl sites for hydroxylation is 2. The SMILES string of the molecule is CCOC(=O)C1CCCN(C(=O)c2cc(-c3ccc(C)c(C)c3)nc3ccc(F)cc23)C1. The third-order valence-corrected chi connectivity index (χ3v) is 6.13. The lowest BCUT2D eigenvalue weighted by Crippen LogP contribution is -2.42. The van der Waals surface area contributed by atoms with Gasteiger partial charge in [-0.2, -0.15) is 0 Å². The number of likely N-dealkylation sites (tertiary alicyclic amines) is 1. The van der Waals surface area contributed by atoms with Crippen LogP contribution in [0.25, 0.3) is 22.2 Å². The molecule has 6 heteroatoms. The molecule has 1 fully saturated rings. The second kappa shape index (κ2) is 9.07. The quantitative estimate of drug-likeness (QED) is 0.538. The average molecular weight is 435 g/mol. The molecule has 0 spiro atoms. The van der Waals surface area contributed by atoms with E-state index < -0.39 is 5.82 Å². The number of piperidine rings is 1. The Kier molecular flexibility index (Phi) is 6.21. The number of amides is 1. The number of rotatable bonds is 4. The van der Waals surface area contributed by atoms with Crippen LogP contribution in [0.3, 0.4) is 0 Å². The molecule has 1 atom stereocenters. The summed E-state index contributed by atoms with van der Waals surface area (Å²) in [5.74, 6) is -1.25. The largest absolute Gasteiger partial charge is 0.466 e. The zero-order chi connectivity index (χ0) is 22.8. The van der Waals surface area contributed by atoms with Gasteiger partial charge >= 0.3 is 5.97 Å². The van der Waals surface area contributed by atoms with Gasteiger partial charge in [-0.15, -0.1) is 0 Å². The minimum Gasteiger partial charge on any atom is -0.466 e. The Hall–Kier alpha value is -3.28. The Morgan fingerprint density at radius 1 is 1.12 bits per heavy atom. The van der Waals surface area contributed by atoms with E-state index in [9.17, 15) is 14.0 Å². The molecule has 1 saturated heterocycles. The molecule has 1 aliphatic heterocycles. The van der Waals surface area contributed by atoms with Gasteiger partial charge in [0.15, 0.2) is 0 Å². The number of nitrogens with zero attached hydrogens (tertiary/aromatic N) is 2. The van der Waals surface area contributed by atoms with Gasteiger partial charge in [-0.3, -0.25) is 9.59 Å².